The lowest BCUT2D eigenvalue weighted by Crippen LogP contribution is -2.41. The molecule has 1 aliphatic carbocycles. The standard InChI is InChI=1S/C25H30N4O3/c1-2-28-14-13-18-17-10-6-7-11-19(17)26-21(18)22(28)20-23(30)27-25(32)29(24(20)31)15-12-16-8-4-3-5-9-16/h6-8,10-11,22,26,31H,2-5,9,12-15H2,1H3,(H,27,30,32). The van der Waals surface area contributed by atoms with Gasteiger partial charge in [-0.2, -0.15) is 0 Å². The molecule has 1 unspecified atom stereocenters. The highest BCUT2D eigenvalue weighted by Gasteiger charge is 2.35. The molecular weight excluding hydrogens is 404 g/mol. The lowest BCUT2D eigenvalue weighted by atomic mass is 9.93. The third kappa shape index (κ3) is 3.50. The van der Waals surface area contributed by atoms with Crippen molar-refractivity contribution in [1.29, 1.82) is 0 Å². The number of fused-ring (bicyclic) bond motifs is 3. The van der Waals surface area contributed by atoms with Gasteiger partial charge in [-0.05, 0) is 56.7 Å². The zero-order chi connectivity index (χ0) is 22.2. The molecule has 3 heterocycles. The molecule has 168 valence electrons. The van der Waals surface area contributed by atoms with Crippen molar-refractivity contribution in [3.05, 3.63) is 73.6 Å². The number of aromatic hydroxyl groups is 1. The van der Waals surface area contributed by atoms with Crippen molar-refractivity contribution in [1.82, 2.24) is 19.4 Å². The molecule has 3 aromatic rings. The first kappa shape index (κ1) is 20.8. The van der Waals surface area contributed by atoms with E-state index < -0.39 is 17.3 Å². The smallest absolute Gasteiger partial charge is 0.331 e. The van der Waals surface area contributed by atoms with E-state index in [2.05, 4.69) is 33.9 Å². The van der Waals surface area contributed by atoms with Gasteiger partial charge in [0.05, 0.1) is 6.04 Å². The number of aromatic nitrogens is 3. The average Bonchev–Trinajstić information content (AvgIpc) is 3.18. The second kappa shape index (κ2) is 8.47. The summed E-state index contributed by atoms with van der Waals surface area (Å²) in [6.45, 7) is 3.92. The van der Waals surface area contributed by atoms with Gasteiger partial charge in [0, 0.05) is 29.7 Å². The molecule has 0 radical (unpaired) electrons. The molecule has 0 fully saturated rings. The predicted molar refractivity (Wildman–Crippen MR) is 125 cm³/mol. The minimum absolute atomic E-state index is 0.217. The molecule has 0 saturated heterocycles. The third-order valence-corrected chi connectivity index (χ3v) is 7.06. The summed E-state index contributed by atoms with van der Waals surface area (Å²) >= 11 is 0. The fourth-order valence-electron chi connectivity index (χ4n) is 5.37. The molecule has 0 bridgehead atoms. The van der Waals surface area contributed by atoms with Gasteiger partial charge in [-0.15, -0.1) is 0 Å². The fourth-order valence-corrected chi connectivity index (χ4v) is 5.37. The normalized spacial score (nSPS) is 19.2. The molecule has 7 heteroatoms. The van der Waals surface area contributed by atoms with Crippen molar-refractivity contribution in [2.45, 2.75) is 58.0 Å². The maximum Gasteiger partial charge on any atom is 0.331 e. The van der Waals surface area contributed by atoms with Gasteiger partial charge in [0.2, 0.25) is 5.88 Å². The van der Waals surface area contributed by atoms with Crippen molar-refractivity contribution in [3.63, 3.8) is 0 Å². The van der Waals surface area contributed by atoms with Crippen LogP contribution >= 0.6 is 0 Å². The van der Waals surface area contributed by atoms with Crippen LogP contribution in [0.15, 0.2) is 45.5 Å². The summed E-state index contributed by atoms with van der Waals surface area (Å²) in [6, 6.07) is 7.69. The van der Waals surface area contributed by atoms with E-state index >= 15 is 0 Å². The van der Waals surface area contributed by atoms with Crippen LogP contribution in [0.25, 0.3) is 10.9 Å². The molecule has 5 rings (SSSR count). The Kier molecular flexibility index (Phi) is 5.51. The summed E-state index contributed by atoms with van der Waals surface area (Å²) in [6.07, 6.45) is 8.31. The number of nitrogens with zero attached hydrogens (tertiary/aromatic N) is 2. The Labute approximate surface area is 186 Å². The van der Waals surface area contributed by atoms with Gasteiger partial charge >= 0.3 is 5.69 Å². The third-order valence-electron chi connectivity index (χ3n) is 7.06. The van der Waals surface area contributed by atoms with Gasteiger partial charge in [-0.1, -0.05) is 36.8 Å². The highest BCUT2D eigenvalue weighted by molar-refractivity contribution is 5.85. The van der Waals surface area contributed by atoms with Gasteiger partial charge in [0.15, 0.2) is 0 Å². The maximum atomic E-state index is 13.0. The van der Waals surface area contributed by atoms with E-state index in [0.29, 0.717) is 13.0 Å². The van der Waals surface area contributed by atoms with Crippen LogP contribution in [0.4, 0.5) is 0 Å². The van der Waals surface area contributed by atoms with E-state index in [0.717, 1.165) is 48.9 Å². The topological polar surface area (TPSA) is 94.1 Å². The zero-order valence-corrected chi connectivity index (χ0v) is 18.5. The number of rotatable bonds is 5. The van der Waals surface area contributed by atoms with Gasteiger partial charge < -0.3 is 10.1 Å². The molecule has 0 amide bonds. The van der Waals surface area contributed by atoms with Gasteiger partial charge in [-0.3, -0.25) is 19.2 Å². The van der Waals surface area contributed by atoms with Gasteiger partial charge in [0.1, 0.15) is 5.56 Å². The first-order valence-corrected chi connectivity index (χ1v) is 11.7. The lowest BCUT2D eigenvalue weighted by molar-refractivity contribution is 0.214. The molecule has 1 aromatic carbocycles. The largest absolute Gasteiger partial charge is 0.494 e. The molecule has 0 spiro atoms. The number of H-pyrrole nitrogens is 2. The van der Waals surface area contributed by atoms with Crippen molar-refractivity contribution in [3.8, 4) is 5.88 Å². The number of hydrogen-bond donors (Lipinski definition) is 3. The van der Waals surface area contributed by atoms with Crippen LogP contribution in [0.3, 0.4) is 0 Å². The number of hydrogen-bond acceptors (Lipinski definition) is 4. The summed E-state index contributed by atoms with van der Waals surface area (Å²) in [4.78, 5) is 33.8. The number of aromatic amines is 2. The number of likely N-dealkylation sites (N-methyl/N-ethyl adjacent to an activating group) is 1. The van der Waals surface area contributed by atoms with E-state index in [1.807, 2.05) is 18.2 Å². The van der Waals surface area contributed by atoms with E-state index in [4.69, 9.17) is 0 Å². The zero-order valence-electron chi connectivity index (χ0n) is 18.5. The van der Waals surface area contributed by atoms with Crippen LogP contribution in [0.1, 0.15) is 61.9 Å². The van der Waals surface area contributed by atoms with Gasteiger partial charge in [0.25, 0.3) is 5.56 Å². The summed E-state index contributed by atoms with van der Waals surface area (Å²) < 4.78 is 1.33. The Morgan fingerprint density at radius 2 is 1.97 bits per heavy atom. The first-order valence-electron chi connectivity index (χ1n) is 11.7. The lowest BCUT2D eigenvalue weighted by Gasteiger charge is -2.35. The number of nitrogens with one attached hydrogen (secondary N) is 2. The summed E-state index contributed by atoms with van der Waals surface area (Å²) in [7, 11) is 0. The van der Waals surface area contributed by atoms with Crippen LogP contribution < -0.4 is 11.2 Å². The van der Waals surface area contributed by atoms with Crippen molar-refractivity contribution in [2.24, 2.45) is 0 Å². The number of benzene rings is 1. The highest BCUT2D eigenvalue weighted by Crippen LogP contribution is 2.39. The Bertz CT molecular complexity index is 1300. The van der Waals surface area contributed by atoms with Crippen molar-refractivity contribution >= 4 is 10.9 Å². The Balaban J connectivity index is 1.61. The minimum Gasteiger partial charge on any atom is -0.494 e. The molecule has 3 N–H and O–H groups in total. The van der Waals surface area contributed by atoms with Crippen molar-refractivity contribution < 1.29 is 5.11 Å². The predicted octanol–water partition coefficient (Wildman–Crippen LogP) is 3.58. The Hall–Kier alpha value is -3.06. The van der Waals surface area contributed by atoms with E-state index in [1.165, 1.54) is 28.5 Å². The fraction of sp³-hybridized carbons (Fsp3) is 0.440. The molecule has 1 atom stereocenters. The van der Waals surface area contributed by atoms with E-state index in [1.54, 1.807) is 0 Å². The highest BCUT2D eigenvalue weighted by atomic mass is 16.3. The molecule has 7 nitrogen and oxygen atoms in total. The second-order valence-electron chi connectivity index (χ2n) is 8.85. The number of allylic oxidation sites excluding steroid dienone is 2. The second-order valence-corrected chi connectivity index (χ2v) is 8.85. The molecule has 2 aromatic heterocycles. The molecule has 32 heavy (non-hydrogen) atoms. The molecule has 2 aliphatic rings. The average molecular weight is 435 g/mol. The van der Waals surface area contributed by atoms with Crippen LogP contribution in [0, 0.1) is 0 Å². The molecule has 0 saturated carbocycles. The molecular formula is C25H30N4O3. The van der Waals surface area contributed by atoms with Crippen LogP contribution in [-0.4, -0.2) is 37.6 Å². The Morgan fingerprint density at radius 1 is 1.12 bits per heavy atom. The Morgan fingerprint density at radius 3 is 2.75 bits per heavy atom. The first-order chi connectivity index (χ1) is 15.6. The summed E-state index contributed by atoms with van der Waals surface area (Å²) in [5, 5.41) is 12.4. The van der Waals surface area contributed by atoms with Crippen molar-refractivity contribution in [2.75, 3.05) is 13.1 Å². The minimum atomic E-state index is -0.552. The van der Waals surface area contributed by atoms with Gasteiger partial charge in [-0.25, -0.2) is 4.79 Å². The summed E-state index contributed by atoms with van der Waals surface area (Å²) in [5.74, 6) is -0.217. The summed E-state index contributed by atoms with van der Waals surface area (Å²) in [5.41, 5.74) is 3.63. The van der Waals surface area contributed by atoms with E-state index in [-0.39, 0.29) is 11.4 Å². The quantitative estimate of drug-likeness (QED) is 0.535. The van der Waals surface area contributed by atoms with Crippen LogP contribution in [0.2, 0.25) is 0 Å². The van der Waals surface area contributed by atoms with Crippen LogP contribution in [0.5, 0.6) is 5.88 Å². The van der Waals surface area contributed by atoms with Crippen LogP contribution in [-0.2, 0) is 13.0 Å². The monoisotopic (exact) mass is 434 g/mol. The SMILES string of the molecule is CCN1CCc2c([nH]c3ccccc23)C1c1c(O)n(CCC2=CCCCC2)c(=O)[nH]c1=O. The number of para-hydroxylation sites is 1. The maximum absolute atomic E-state index is 13.0. The molecule has 1 aliphatic heterocycles. The van der Waals surface area contributed by atoms with E-state index in [9.17, 15) is 14.7 Å².